The van der Waals surface area contributed by atoms with Crippen LogP contribution in [0.25, 0.3) is 5.57 Å². The van der Waals surface area contributed by atoms with Crippen molar-refractivity contribution in [2.24, 2.45) is 0 Å². The molecule has 1 fully saturated rings. The first-order valence-electron chi connectivity index (χ1n) is 13.7. The molecule has 9 nitrogen and oxygen atoms in total. The second-order valence-electron chi connectivity index (χ2n) is 10.8. The van der Waals surface area contributed by atoms with Crippen molar-refractivity contribution < 1.29 is 26.7 Å². The summed E-state index contributed by atoms with van der Waals surface area (Å²) in [7, 11) is 1.92. The maximum atomic E-state index is 16.5. The molecule has 0 saturated carbocycles. The second kappa shape index (κ2) is 11.7. The van der Waals surface area contributed by atoms with Gasteiger partial charge in [-0.3, -0.25) is 14.5 Å². The molecule has 43 heavy (non-hydrogen) atoms. The van der Waals surface area contributed by atoms with Crippen LogP contribution in [0.1, 0.15) is 41.8 Å². The number of likely N-dealkylation sites (N-methyl/N-ethyl adjacent to an activating group) is 1. The van der Waals surface area contributed by atoms with E-state index < -0.39 is 51.7 Å². The van der Waals surface area contributed by atoms with Gasteiger partial charge in [-0.25, -0.2) is 18.7 Å². The molecule has 2 aromatic heterocycles. The lowest BCUT2D eigenvalue weighted by molar-refractivity contribution is -0.138. The summed E-state index contributed by atoms with van der Waals surface area (Å²) in [5.74, 6) is -2.94. The molecule has 0 aliphatic carbocycles. The summed E-state index contributed by atoms with van der Waals surface area (Å²) in [6, 6.07) is 2.95. The van der Waals surface area contributed by atoms with Crippen LogP contribution in [0, 0.1) is 11.6 Å². The van der Waals surface area contributed by atoms with Gasteiger partial charge in [0.15, 0.2) is 5.82 Å². The zero-order valence-corrected chi connectivity index (χ0v) is 23.7. The standard InChI is InChI=1S/C29H30F5N7O2/c1-16-13-41(14-17(2)39(16)3)22-11-21(30)24(18-6-4-9-40(15-18)28-35-7-5-8-36-28)25(31)26(22)38-27(43)19-12-37-23(42)10-20(19)29(32,33)34/h5-8,10-12,16-17H,4,9,13-15H2,1-3H3,(H,37,42)(H,38,43)/t16-,17+. The van der Waals surface area contributed by atoms with Gasteiger partial charge < -0.3 is 20.1 Å². The molecule has 0 spiro atoms. The molecule has 2 N–H and O–H groups in total. The quantitative estimate of drug-likeness (QED) is 0.414. The normalized spacial score (nSPS) is 19.8. The van der Waals surface area contributed by atoms with E-state index >= 15 is 8.78 Å². The van der Waals surface area contributed by atoms with E-state index in [0.29, 0.717) is 38.2 Å². The molecule has 0 radical (unpaired) electrons. The number of pyridine rings is 1. The van der Waals surface area contributed by atoms with Gasteiger partial charge in [0, 0.05) is 69.0 Å². The Morgan fingerprint density at radius 1 is 1.07 bits per heavy atom. The molecule has 1 amide bonds. The zero-order chi connectivity index (χ0) is 31.1. The van der Waals surface area contributed by atoms with Crippen LogP contribution in [0.15, 0.2) is 47.7 Å². The Kier molecular flexibility index (Phi) is 8.23. The Balaban J connectivity index is 1.60. The monoisotopic (exact) mass is 603 g/mol. The number of nitrogens with one attached hydrogen (secondary N) is 2. The summed E-state index contributed by atoms with van der Waals surface area (Å²) < 4.78 is 73.7. The van der Waals surface area contributed by atoms with Crippen LogP contribution in [0.2, 0.25) is 0 Å². The third-order valence-corrected chi connectivity index (χ3v) is 7.92. The molecule has 0 bridgehead atoms. The SMILES string of the molecule is C[C@@H]1CN(c2cc(F)c(C3=CCCN(c4ncccn4)C3)c(F)c2NC(=O)c2c[nH]c(=O)cc2C(F)(F)F)C[C@H](C)N1C. The molecule has 4 heterocycles. The lowest BCUT2D eigenvalue weighted by Gasteiger charge is -2.44. The summed E-state index contributed by atoms with van der Waals surface area (Å²) in [4.78, 5) is 41.0. The van der Waals surface area contributed by atoms with Crippen LogP contribution in [0.4, 0.5) is 39.3 Å². The molecule has 2 aliphatic heterocycles. The molecule has 5 rings (SSSR count). The van der Waals surface area contributed by atoms with Gasteiger partial charge in [-0.1, -0.05) is 6.08 Å². The number of nitrogens with zero attached hydrogens (tertiary/aromatic N) is 5. The van der Waals surface area contributed by atoms with Gasteiger partial charge in [0.25, 0.3) is 5.91 Å². The Morgan fingerprint density at radius 3 is 2.40 bits per heavy atom. The van der Waals surface area contributed by atoms with Gasteiger partial charge in [-0.05, 0) is 39.0 Å². The van der Waals surface area contributed by atoms with E-state index in [4.69, 9.17) is 0 Å². The van der Waals surface area contributed by atoms with E-state index in [1.165, 1.54) is 0 Å². The Labute approximate surface area is 244 Å². The van der Waals surface area contributed by atoms with Gasteiger partial charge >= 0.3 is 6.18 Å². The maximum Gasteiger partial charge on any atom is 0.417 e. The predicted molar refractivity (Wildman–Crippen MR) is 152 cm³/mol. The summed E-state index contributed by atoms with van der Waals surface area (Å²) in [6.07, 6.45) is 0.798. The summed E-state index contributed by atoms with van der Waals surface area (Å²) in [5, 5.41) is 2.29. The second-order valence-corrected chi connectivity index (χ2v) is 10.8. The number of aromatic nitrogens is 3. The molecule has 228 valence electrons. The van der Waals surface area contributed by atoms with Crippen molar-refractivity contribution in [1.82, 2.24) is 19.9 Å². The number of halogens is 5. The minimum atomic E-state index is -5.03. The average molecular weight is 604 g/mol. The fourth-order valence-corrected chi connectivity index (χ4v) is 5.50. The van der Waals surface area contributed by atoms with E-state index in [2.05, 4.69) is 25.2 Å². The lowest BCUT2D eigenvalue weighted by atomic mass is 9.97. The molecular formula is C29H30F5N7O2. The predicted octanol–water partition coefficient (Wildman–Crippen LogP) is 4.54. The number of alkyl halides is 3. The molecule has 0 unspecified atom stereocenters. The van der Waals surface area contributed by atoms with E-state index in [-0.39, 0.29) is 36.0 Å². The van der Waals surface area contributed by atoms with E-state index in [0.717, 1.165) is 6.07 Å². The number of carbonyl (C=O) groups excluding carboxylic acids is 1. The molecular weight excluding hydrogens is 573 g/mol. The van der Waals surface area contributed by atoms with Gasteiger partial charge in [-0.2, -0.15) is 13.2 Å². The van der Waals surface area contributed by atoms with Crippen molar-refractivity contribution >= 4 is 28.8 Å². The number of H-pyrrole nitrogens is 1. The highest BCUT2D eigenvalue weighted by molar-refractivity contribution is 6.07. The molecule has 14 heteroatoms. The van der Waals surface area contributed by atoms with Crippen molar-refractivity contribution in [3.8, 4) is 0 Å². The van der Waals surface area contributed by atoms with Crippen LogP contribution < -0.4 is 20.7 Å². The molecule has 3 aromatic rings. The summed E-state index contributed by atoms with van der Waals surface area (Å²) >= 11 is 0. The number of hydrogen-bond acceptors (Lipinski definition) is 7. The fraction of sp³-hybridized carbons (Fsp3) is 0.379. The number of rotatable bonds is 5. The van der Waals surface area contributed by atoms with Gasteiger partial charge in [-0.15, -0.1) is 0 Å². The Bertz CT molecular complexity index is 1600. The number of aromatic amines is 1. The smallest absolute Gasteiger partial charge is 0.367 e. The third kappa shape index (κ3) is 6.10. The number of carbonyl (C=O) groups is 1. The number of piperazine rings is 1. The summed E-state index contributed by atoms with van der Waals surface area (Å²) in [5.41, 5.74) is -4.05. The third-order valence-electron chi connectivity index (χ3n) is 7.92. The van der Waals surface area contributed by atoms with Crippen molar-refractivity contribution in [2.45, 2.75) is 38.5 Å². The van der Waals surface area contributed by atoms with Crippen LogP contribution in [0.3, 0.4) is 0 Å². The minimum Gasteiger partial charge on any atom is -0.367 e. The lowest BCUT2D eigenvalue weighted by Crippen LogP contribution is -2.55. The Morgan fingerprint density at radius 2 is 1.74 bits per heavy atom. The summed E-state index contributed by atoms with van der Waals surface area (Å²) in [6.45, 7) is 5.12. The van der Waals surface area contributed by atoms with Crippen LogP contribution in [-0.4, -0.2) is 71.1 Å². The Hall–Kier alpha value is -4.33. The number of anilines is 3. The number of amides is 1. The van der Waals surface area contributed by atoms with Gasteiger partial charge in [0.05, 0.1) is 22.4 Å². The maximum absolute atomic E-state index is 16.5. The number of hydrogen-bond donors (Lipinski definition) is 2. The van der Waals surface area contributed by atoms with Crippen LogP contribution in [-0.2, 0) is 6.18 Å². The van der Waals surface area contributed by atoms with Crippen LogP contribution >= 0.6 is 0 Å². The highest BCUT2D eigenvalue weighted by Gasteiger charge is 2.37. The van der Waals surface area contributed by atoms with Gasteiger partial charge in [0.1, 0.15) is 11.5 Å². The first-order chi connectivity index (χ1) is 20.3. The molecule has 1 saturated heterocycles. The topological polar surface area (TPSA) is 97.5 Å². The molecule has 2 atom stereocenters. The van der Waals surface area contributed by atoms with Gasteiger partial charge in [0.2, 0.25) is 11.5 Å². The van der Waals surface area contributed by atoms with E-state index in [1.54, 1.807) is 34.3 Å². The zero-order valence-electron chi connectivity index (χ0n) is 23.7. The van der Waals surface area contributed by atoms with E-state index in [1.807, 2.05) is 20.9 Å². The minimum absolute atomic E-state index is 0.00320. The molecule has 2 aliphatic rings. The fourth-order valence-electron chi connectivity index (χ4n) is 5.50. The van der Waals surface area contributed by atoms with Crippen molar-refractivity contribution in [2.75, 3.05) is 48.3 Å². The first kappa shape index (κ1) is 30.1. The van der Waals surface area contributed by atoms with E-state index in [9.17, 15) is 22.8 Å². The van der Waals surface area contributed by atoms with Crippen molar-refractivity contribution in [1.29, 1.82) is 0 Å². The van der Waals surface area contributed by atoms with Crippen LogP contribution in [0.5, 0.6) is 0 Å². The largest absolute Gasteiger partial charge is 0.417 e. The highest BCUT2D eigenvalue weighted by atomic mass is 19.4. The highest BCUT2D eigenvalue weighted by Crippen LogP contribution is 2.39. The average Bonchev–Trinajstić information content (AvgIpc) is 2.97. The molecule has 1 aromatic carbocycles. The van der Waals surface area contributed by atoms with Crippen molar-refractivity contribution in [3.05, 3.63) is 81.5 Å². The number of benzene rings is 1. The van der Waals surface area contributed by atoms with Crippen molar-refractivity contribution in [3.63, 3.8) is 0 Å². The first-order valence-corrected chi connectivity index (χ1v) is 13.7.